The Kier molecular flexibility index (Phi) is 13.2. The number of anilines is 2. The van der Waals surface area contributed by atoms with Crippen molar-refractivity contribution in [3.63, 3.8) is 0 Å². The number of benzene rings is 3. The molecule has 3 aromatic carbocycles. The van der Waals surface area contributed by atoms with Gasteiger partial charge in [-0.25, -0.2) is 18.1 Å². The number of amides is 1. The zero-order valence-corrected chi connectivity index (χ0v) is 37.6. The number of hydrogen-bond donors (Lipinski definition) is 3. The van der Waals surface area contributed by atoms with Gasteiger partial charge in [-0.1, -0.05) is 50.1 Å². The number of allylic oxidation sites excluding steroid dienone is 1. The summed E-state index contributed by atoms with van der Waals surface area (Å²) in [4.78, 5) is 40.0. The number of halogens is 1. The Hall–Kier alpha value is -5.32. The van der Waals surface area contributed by atoms with Gasteiger partial charge in [0.2, 0.25) is 0 Å². The molecule has 14 nitrogen and oxygen atoms in total. The Balaban J connectivity index is 1.01. The summed E-state index contributed by atoms with van der Waals surface area (Å²) in [6.07, 6.45) is 6.82. The minimum absolute atomic E-state index is 0.181. The number of fused-ring (bicyclic) bond motifs is 1. The van der Waals surface area contributed by atoms with Crippen LogP contribution < -0.4 is 14.9 Å². The van der Waals surface area contributed by atoms with E-state index in [9.17, 15) is 23.3 Å². The molecule has 3 N–H and O–H groups in total. The summed E-state index contributed by atoms with van der Waals surface area (Å²) < 4.78 is 35.2. The molecule has 16 heteroatoms. The van der Waals surface area contributed by atoms with Crippen LogP contribution in [0.1, 0.15) is 73.0 Å². The first-order chi connectivity index (χ1) is 30.2. The van der Waals surface area contributed by atoms with Crippen LogP contribution in [0.2, 0.25) is 5.02 Å². The number of rotatable bonds is 14. The third kappa shape index (κ3) is 10.4. The molecular weight excluding hydrogens is 840 g/mol. The number of piperazine rings is 1. The molecule has 1 atom stereocenters. The Bertz CT molecular complexity index is 2620. The summed E-state index contributed by atoms with van der Waals surface area (Å²) in [5.74, 6) is -1.18. The molecule has 2 fully saturated rings. The first-order valence-corrected chi connectivity index (χ1v) is 23.5. The zero-order chi connectivity index (χ0) is 44.3. The fraction of sp³-hybridized carbons (Fsp3) is 0.404. The van der Waals surface area contributed by atoms with Crippen molar-refractivity contribution in [2.24, 2.45) is 5.41 Å². The zero-order valence-electron chi connectivity index (χ0n) is 36.0. The van der Waals surface area contributed by atoms with Gasteiger partial charge >= 0.3 is 0 Å². The number of pyridine rings is 1. The Morgan fingerprint density at radius 1 is 0.984 bits per heavy atom. The van der Waals surface area contributed by atoms with Crippen LogP contribution >= 0.6 is 11.6 Å². The molecule has 2 saturated heterocycles. The van der Waals surface area contributed by atoms with Gasteiger partial charge in [0.15, 0.2) is 0 Å². The topological polar surface area (TPSA) is 166 Å². The molecule has 3 aliphatic rings. The van der Waals surface area contributed by atoms with Crippen LogP contribution in [0.15, 0.2) is 95.7 Å². The van der Waals surface area contributed by atoms with Crippen LogP contribution in [-0.4, -0.2) is 111 Å². The lowest BCUT2D eigenvalue weighted by Crippen LogP contribution is -2.47. The van der Waals surface area contributed by atoms with Gasteiger partial charge in [0.25, 0.3) is 21.6 Å². The van der Waals surface area contributed by atoms with E-state index >= 15 is 0 Å². The SMILES string of the molecule is CC(c1cnc2[nH]ccc2c1)c1cc(N2CCN(CC3=C(c4ccc(Cl)cc4)CC(C)(C)CC3)CC2)ccc1C(=O)NS(=O)(=O)c1ccc(NCCN2CCOCC2)c([N+](=O)[O-])c1. The van der Waals surface area contributed by atoms with Crippen LogP contribution in [-0.2, 0) is 14.8 Å². The summed E-state index contributed by atoms with van der Waals surface area (Å²) in [6, 6.07) is 21.3. The highest BCUT2D eigenvalue weighted by Gasteiger charge is 2.31. The van der Waals surface area contributed by atoms with Gasteiger partial charge in [-0.15, -0.1) is 0 Å². The number of nitrogens with zero attached hydrogens (tertiary/aromatic N) is 5. The minimum Gasteiger partial charge on any atom is -0.379 e. The molecule has 332 valence electrons. The number of aromatic nitrogens is 2. The van der Waals surface area contributed by atoms with Crippen LogP contribution in [0.3, 0.4) is 0 Å². The monoisotopic (exact) mass is 894 g/mol. The van der Waals surface area contributed by atoms with E-state index in [1.54, 1.807) is 12.3 Å². The number of ether oxygens (including phenoxy) is 1. The van der Waals surface area contributed by atoms with E-state index < -0.39 is 26.5 Å². The molecule has 0 radical (unpaired) electrons. The Morgan fingerprint density at radius 2 is 1.75 bits per heavy atom. The molecule has 5 aromatic rings. The van der Waals surface area contributed by atoms with Crippen molar-refractivity contribution >= 4 is 61.2 Å². The molecule has 1 unspecified atom stereocenters. The fourth-order valence-corrected chi connectivity index (χ4v) is 10.1. The van der Waals surface area contributed by atoms with Gasteiger partial charge in [-0.05, 0) is 102 Å². The summed E-state index contributed by atoms with van der Waals surface area (Å²) >= 11 is 6.26. The van der Waals surface area contributed by atoms with E-state index in [-0.39, 0.29) is 27.5 Å². The summed E-state index contributed by atoms with van der Waals surface area (Å²) in [7, 11) is -4.52. The highest BCUT2D eigenvalue weighted by Crippen LogP contribution is 2.43. The standard InChI is InChI=1S/C47H55ClN8O6S/c1-32(36-26-34-13-15-50-45(34)51-30-36)41-27-38(55-20-18-54(19-21-55)31-35-12-14-47(2,3)29-42(35)33-4-6-37(48)7-5-33)8-10-40(41)46(57)52-63(60,61)39-9-11-43(44(28-39)56(58)59)49-16-17-53-22-24-62-25-23-53/h4-11,13,15,26-28,30,32,49H,12,14,16-25,29,31H2,1-3H3,(H,50,51)(H,52,57). The average molecular weight is 896 g/mol. The number of morpholine rings is 1. The number of nitro groups is 1. The number of hydrogen-bond acceptors (Lipinski definition) is 11. The molecule has 4 heterocycles. The van der Waals surface area contributed by atoms with Crippen LogP contribution in [0.5, 0.6) is 0 Å². The van der Waals surface area contributed by atoms with E-state index in [0.29, 0.717) is 31.9 Å². The predicted molar refractivity (Wildman–Crippen MR) is 248 cm³/mol. The lowest BCUT2D eigenvalue weighted by atomic mass is 9.72. The number of nitrogens with one attached hydrogen (secondary N) is 3. The van der Waals surface area contributed by atoms with Gasteiger partial charge in [0.05, 0.1) is 23.0 Å². The molecule has 0 saturated carbocycles. The first kappa shape index (κ1) is 44.3. The lowest BCUT2D eigenvalue weighted by Gasteiger charge is -2.39. The second kappa shape index (κ2) is 18.8. The number of aromatic amines is 1. The molecule has 1 aliphatic carbocycles. The van der Waals surface area contributed by atoms with Crippen molar-refractivity contribution in [3.8, 4) is 0 Å². The number of nitro benzene ring substituents is 1. The lowest BCUT2D eigenvalue weighted by molar-refractivity contribution is -0.384. The maximum Gasteiger partial charge on any atom is 0.293 e. The number of H-pyrrole nitrogens is 1. The number of sulfonamides is 1. The Labute approximate surface area is 373 Å². The summed E-state index contributed by atoms with van der Waals surface area (Å²) in [5.41, 5.74) is 7.51. The largest absolute Gasteiger partial charge is 0.379 e. The number of carbonyl (C=O) groups is 1. The van der Waals surface area contributed by atoms with Gasteiger partial charge in [-0.2, -0.15) is 0 Å². The van der Waals surface area contributed by atoms with Crippen molar-refractivity contribution in [1.82, 2.24) is 24.5 Å². The third-order valence-electron chi connectivity index (χ3n) is 12.7. The smallest absolute Gasteiger partial charge is 0.293 e. The second-order valence-corrected chi connectivity index (χ2v) is 19.7. The van der Waals surface area contributed by atoms with Gasteiger partial charge in [0.1, 0.15) is 11.3 Å². The normalized spacial score (nSPS) is 18.1. The quantitative estimate of drug-likeness (QED) is 0.0733. The number of carbonyl (C=O) groups excluding carboxylic acids is 1. The second-order valence-electron chi connectivity index (χ2n) is 17.6. The fourth-order valence-electron chi connectivity index (χ4n) is 8.97. The molecule has 2 aromatic heterocycles. The van der Waals surface area contributed by atoms with Crippen molar-refractivity contribution < 1.29 is 22.9 Å². The van der Waals surface area contributed by atoms with E-state index in [1.165, 1.54) is 28.8 Å². The molecule has 2 aliphatic heterocycles. The Morgan fingerprint density at radius 3 is 2.49 bits per heavy atom. The van der Waals surface area contributed by atoms with Gasteiger partial charge in [-0.3, -0.25) is 24.7 Å². The van der Waals surface area contributed by atoms with Gasteiger partial charge in [0, 0.05) is 105 Å². The molecule has 1 amide bonds. The molecule has 0 spiro atoms. The maximum absolute atomic E-state index is 14.1. The van der Waals surface area contributed by atoms with E-state index in [2.05, 4.69) is 60.7 Å². The molecule has 0 bridgehead atoms. The third-order valence-corrected chi connectivity index (χ3v) is 14.3. The average Bonchev–Trinajstić information content (AvgIpc) is 3.76. The maximum atomic E-state index is 14.1. The first-order valence-electron chi connectivity index (χ1n) is 21.6. The highest BCUT2D eigenvalue weighted by atomic mass is 35.5. The van der Waals surface area contributed by atoms with Gasteiger partial charge < -0.3 is 19.9 Å². The minimum atomic E-state index is -4.52. The summed E-state index contributed by atoms with van der Waals surface area (Å²) in [5, 5.41) is 16.9. The van der Waals surface area contributed by atoms with Crippen molar-refractivity contribution in [2.75, 3.05) is 82.3 Å². The molecular formula is C47H55ClN8O6S. The summed E-state index contributed by atoms with van der Waals surface area (Å²) in [6.45, 7) is 14.7. The van der Waals surface area contributed by atoms with Crippen LogP contribution in [0, 0.1) is 15.5 Å². The van der Waals surface area contributed by atoms with Crippen molar-refractivity contribution in [3.05, 3.63) is 128 Å². The van der Waals surface area contributed by atoms with Crippen molar-refractivity contribution in [2.45, 2.75) is 50.8 Å². The molecule has 8 rings (SSSR count). The highest BCUT2D eigenvalue weighted by molar-refractivity contribution is 7.90. The van der Waals surface area contributed by atoms with E-state index in [0.717, 1.165) is 98.4 Å². The van der Waals surface area contributed by atoms with Crippen LogP contribution in [0.4, 0.5) is 17.1 Å². The van der Waals surface area contributed by atoms with E-state index in [1.807, 2.05) is 49.5 Å². The van der Waals surface area contributed by atoms with Crippen molar-refractivity contribution in [1.29, 1.82) is 0 Å². The van der Waals surface area contributed by atoms with E-state index in [4.69, 9.17) is 16.3 Å². The van der Waals surface area contributed by atoms with Crippen LogP contribution in [0.25, 0.3) is 16.6 Å². The predicted octanol–water partition coefficient (Wildman–Crippen LogP) is 7.93. The molecule has 63 heavy (non-hydrogen) atoms.